The monoisotopic (exact) mass is 287 g/mol. The molecule has 112 valence electrons. The van der Waals surface area contributed by atoms with E-state index in [0.29, 0.717) is 25.0 Å². The van der Waals surface area contributed by atoms with Gasteiger partial charge in [0.05, 0.1) is 0 Å². The maximum Gasteiger partial charge on any atom is 0.229 e. The van der Waals surface area contributed by atoms with Crippen LogP contribution in [0.1, 0.15) is 42.5 Å². The molecular formula is C16H21N3O2. The maximum absolute atomic E-state index is 5.56. The Kier molecular flexibility index (Phi) is 4.97. The number of benzene rings is 1. The molecule has 1 fully saturated rings. The van der Waals surface area contributed by atoms with Gasteiger partial charge in [0.2, 0.25) is 5.89 Å². The maximum atomic E-state index is 5.56. The number of hydrogen-bond donors (Lipinski definition) is 1. The molecule has 1 heterocycles. The molecule has 5 nitrogen and oxygen atoms in total. The molecule has 0 saturated heterocycles. The van der Waals surface area contributed by atoms with E-state index in [1.54, 1.807) is 0 Å². The lowest BCUT2D eigenvalue weighted by atomic mass is 10.2. The number of rotatable bonds is 9. The van der Waals surface area contributed by atoms with Crippen molar-refractivity contribution in [2.24, 2.45) is 0 Å². The van der Waals surface area contributed by atoms with Gasteiger partial charge in [0.1, 0.15) is 6.61 Å². The van der Waals surface area contributed by atoms with Crippen molar-refractivity contribution in [3.63, 3.8) is 0 Å². The third kappa shape index (κ3) is 4.65. The SMILES string of the molecule is c1ccc(CNCCCOCc2noc(C3CC3)n2)cc1. The minimum Gasteiger partial charge on any atom is -0.373 e. The van der Waals surface area contributed by atoms with Gasteiger partial charge in [-0.15, -0.1) is 0 Å². The fourth-order valence-corrected chi connectivity index (χ4v) is 2.11. The van der Waals surface area contributed by atoms with Gasteiger partial charge < -0.3 is 14.6 Å². The van der Waals surface area contributed by atoms with Crippen LogP contribution in [0.15, 0.2) is 34.9 Å². The summed E-state index contributed by atoms with van der Waals surface area (Å²) < 4.78 is 10.7. The summed E-state index contributed by atoms with van der Waals surface area (Å²) in [6.07, 6.45) is 3.32. The van der Waals surface area contributed by atoms with E-state index in [1.165, 1.54) is 18.4 Å². The van der Waals surface area contributed by atoms with Crippen molar-refractivity contribution in [1.29, 1.82) is 0 Å². The molecule has 0 aliphatic heterocycles. The van der Waals surface area contributed by atoms with Gasteiger partial charge in [-0.25, -0.2) is 0 Å². The molecule has 1 aliphatic carbocycles. The summed E-state index contributed by atoms with van der Waals surface area (Å²) in [4.78, 5) is 4.33. The van der Waals surface area contributed by atoms with Crippen LogP contribution in [0.3, 0.4) is 0 Å². The average Bonchev–Trinajstić information content (AvgIpc) is 3.27. The van der Waals surface area contributed by atoms with Gasteiger partial charge in [-0.3, -0.25) is 0 Å². The highest BCUT2D eigenvalue weighted by molar-refractivity contribution is 5.14. The second-order valence-electron chi connectivity index (χ2n) is 5.39. The summed E-state index contributed by atoms with van der Waals surface area (Å²) in [5, 5.41) is 7.32. The molecular weight excluding hydrogens is 266 g/mol. The molecule has 0 radical (unpaired) electrons. The first-order chi connectivity index (χ1) is 10.4. The molecule has 3 rings (SSSR count). The van der Waals surface area contributed by atoms with E-state index in [9.17, 15) is 0 Å². The lowest BCUT2D eigenvalue weighted by molar-refractivity contribution is 0.111. The normalized spacial score (nSPS) is 14.5. The largest absolute Gasteiger partial charge is 0.373 e. The molecule has 1 N–H and O–H groups in total. The smallest absolute Gasteiger partial charge is 0.229 e. The van der Waals surface area contributed by atoms with Crippen LogP contribution in [0.25, 0.3) is 0 Å². The van der Waals surface area contributed by atoms with E-state index in [1.807, 2.05) is 6.07 Å². The van der Waals surface area contributed by atoms with Crippen LogP contribution in [0.2, 0.25) is 0 Å². The number of ether oxygens (including phenoxy) is 1. The van der Waals surface area contributed by atoms with Gasteiger partial charge in [0.15, 0.2) is 5.82 Å². The second kappa shape index (κ2) is 7.33. The van der Waals surface area contributed by atoms with Gasteiger partial charge in [0, 0.05) is 19.1 Å². The summed E-state index contributed by atoms with van der Waals surface area (Å²) in [6.45, 7) is 2.98. The fraction of sp³-hybridized carbons (Fsp3) is 0.500. The zero-order valence-electron chi connectivity index (χ0n) is 12.1. The topological polar surface area (TPSA) is 60.2 Å². The number of aromatic nitrogens is 2. The first kappa shape index (κ1) is 14.2. The van der Waals surface area contributed by atoms with Crippen LogP contribution in [0.5, 0.6) is 0 Å². The van der Waals surface area contributed by atoms with Crippen LogP contribution < -0.4 is 5.32 Å². The summed E-state index contributed by atoms with van der Waals surface area (Å²) in [6, 6.07) is 10.4. The third-order valence-corrected chi connectivity index (χ3v) is 3.46. The molecule has 0 unspecified atom stereocenters. The quantitative estimate of drug-likeness (QED) is 0.718. The molecule has 1 saturated carbocycles. The molecule has 21 heavy (non-hydrogen) atoms. The van der Waals surface area contributed by atoms with E-state index in [4.69, 9.17) is 9.26 Å². The van der Waals surface area contributed by atoms with Crippen LogP contribution in [-0.4, -0.2) is 23.3 Å². The van der Waals surface area contributed by atoms with Crippen LogP contribution in [0, 0.1) is 0 Å². The predicted molar refractivity (Wildman–Crippen MR) is 78.7 cm³/mol. The van der Waals surface area contributed by atoms with Crippen molar-refractivity contribution in [2.45, 2.75) is 38.3 Å². The highest BCUT2D eigenvalue weighted by atomic mass is 16.5. The molecule has 0 amide bonds. The second-order valence-corrected chi connectivity index (χ2v) is 5.39. The van der Waals surface area contributed by atoms with Gasteiger partial charge in [-0.2, -0.15) is 4.98 Å². The van der Waals surface area contributed by atoms with E-state index >= 15 is 0 Å². The van der Waals surface area contributed by atoms with Crippen molar-refractivity contribution in [3.05, 3.63) is 47.6 Å². The summed E-state index contributed by atoms with van der Waals surface area (Å²) in [7, 11) is 0. The molecule has 1 aromatic carbocycles. The predicted octanol–water partition coefficient (Wildman–Crippen LogP) is 2.64. The Balaban J connectivity index is 1.23. The summed E-state index contributed by atoms with van der Waals surface area (Å²) in [5.41, 5.74) is 1.30. The van der Waals surface area contributed by atoms with Crippen molar-refractivity contribution in [2.75, 3.05) is 13.2 Å². The lowest BCUT2D eigenvalue weighted by Gasteiger charge is -2.05. The number of nitrogens with one attached hydrogen (secondary N) is 1. The third-order valence-electron chi connectivity index (χ3n) is 3.46. The molecule has 1 aromatic heterocycles. The van der Waals surface area contributed by atoms with Gasteiger partial charge >= 0.3 is 0 Å². The minimum atomic E-state index is 0.439. The Morgan fingerprint density at radius 3 is 2.90 bits per heavy atom. The zero-order valence-corrected chi connectivity index (χ0v) is 12.1. The molecule has 5 heteroatoms. The minimum absolute atomic E-state index is 0.439. The Morgan fingerprint density at radius 1 is 1.24 bits per heavy atom. The molecule has 0 atom stereocenters. The van der Waals surface area contributed by atoms with Gasteiger partial charge in [-0.05, 0) is 31.4 Å². The van der Waals surface area contributed by atoms with Gasteiger partial charge in [0.25, 0.3) is 0 Å². The highest BCUT2D eigenvalue weighted by Crippen LogP contribution is 2.38. The molecule has 0 spiro atoms. The number of hydrogen-bond acceptors (Lipinski definition) is 5. The lowest BCUT2D eigenvalue weighted by Crippen LogP contribution is -2.16. The van der Waals surface area contributed by atoms with Crippen molar-refractivity contribution in [3.8, 4) is 0 Å². The molecule has 0 bridgehead atoms. The first-order valence-electron chi connectivity index (χ1n) is 7.56. The van der Waals surface area contributed by atoms with E-state index in [-0.39, 0.29) is 0 Å². The van der Waals surface area contributed by atoms with Gasteiger partial charge in [-0.1, -0.05) is 35.5 Å². The Morgan fingerprint density at radius 2 is 2.10 bits per heavy atom. The van der Waals surface area contributed by atoms with Crippen molar-refractivity contribution >= 4 is 0 Å². The average molecular weight is 287 g/mol. The summed E-state index contributed by atoms with van der Waals surface area (Å²) in [5.74, 6) is 1.95. The first-order valence-corrected chi connectivity index (χ1v) is 7.56. The zero-order chi connectivity index (χ0) is 14.3. The van der Waals surface area contributed by atoms with Crippen LogP contribution in [0.4, 0.5) is 0 Å². The van der Waals surface area contributed by atoms with E-state index < -0.39 is 0 Å². The summed E-state index contributed by atoms with van der Waals surface area (Å²) >= 11 is 0. The Hall–Kier alpha value is -1.72. The highest BCUT2D eigenvalue weighted by Gasteiger charge is 2.29. The fourth-order valence-electron chi connectivity index (χ4n) is 2.11. The number of nitrogens with zero attached hydrogens (tertiary/aromatic N) is 2. The Bertz CT molecular complexity index is 537. The van der Waals surface area contributed by atoms with Crippen LogP contribution >= 0.6 is 0 Å². The van der Waals surface area contributed by atoms with Crippen LogP contribution in [-0.2, 0) is 17.9 Å². The molecule has 2 aromatic rings. The van der Waals surface area contributed by atoms with Crippen molar-refractivity contribution in [1.82, 2.24) is 15.5 Å². The Labute approximate surface area is 124 Å². The van der Waals surface area contributed by atoms with E-state index in [0.717, 1.165) is 25.4 Å². The van der Waals surface area contributed by atoms with Crippen molar-refractivity contribution < 1.29 is 9.26 Å². The molecule has 1 aliphatic rings. The van der Waals surface area contributed by atoms with E-state index in [2.05, 4.69) is 39.7 Å². The standard InChI is InChI=1S/C16H21N3O2/c1-2-5-13(6-3-1)11-17-9-4-10-20-12-15-18-16(21-19-15)14-7-8-14/h1-3,5-6,14,17H,4,7-12H2.